The van der Waals surface area contributed by atoms with E-state index >= 15 is 0 Å². The fraction of sp³-hybridized carbons (Fsp3) is 0.148. The second kappa shape index (κ2) is 10.9. The van der Waals surface area contributed by atoms with E-state index in [-0.39, 0.29) is 16.4 Å². The number of hydrogen-bond acceptors (Lipinski definition) is 4. The van der Waals surface area contributed by atoms with Crippen LogP contribution in [0.5, 0.6) is 0 Å². The number of benzene rings is 3. The molecular weight excluding hydrogens is 460 g/mol. The van der Waals surface area contributed by atoms with Gasteiger partial charge in [-0.05, 0) is 54.8 Å². The van der Waals surface area contributed by atoms with Crippen molar-refractivity contribution in [2.45, 2.75) is 24.8 Å². The number of hydrogen-bond donors (Lipinski definition) is 1. The molecule has 4 aromatic rings. The van der Waals surface area contributed by atoms with E-state index in [1.165, 1.54) is 23.9 Å². The first kappa shape index (κ1) is 24.1. The minimum Gasteiger partial charge on any atom is -0.352 e. The van der Waals surface area contributed by atoms with Gasteiger partial charge < -0.3 is 9.88 Å². The molecule has 178 valence electrons. The summed E-state index contributed by atoms with van der Waals surface area (Å²) in [5, 5.41) is 2.93. The largest absolute Gasteiger partial charge is 0.352 e. The molecule has 0 atom stereocenters. The summed E-state index contributed by atoms with van der Waals surface area (Å²) in [5.41, 5.74) is 3.65. The highest BCUT2D eigenvalue weighted by molar-refractivity contribution is 7.90. The van der Waals surface area contributed by atoms with Crippen LogP contribution in [0.1, 0.15) is 27.0 Å². The van der Waals surface area contributed by atoms with Crippen LogP contribution in [0.3, 0.4) is 0 Å². The van der Waals surface area contributed by atoms with Crippen LogP contribution in [-0.4, -0.2) is 30.4 Å². The number of carbonyl (C=O) groups excluding carboxylic acids is 1. The maximum absolute atomic E-state index is 12.7. The zero-order valence-corrected chi connectivity index (χ0v) is 20.2. The highest BCUT2D eigenvalue weighted by Gasteiger charge is 2.13. The summed E-state index contributed by atoms with van der Waals surface area (Å²) in [5.74, 6) is -0.138. The Bertz CT molecular complexity index is 1460. The normalized spacial score (nSPS) is 11.9. The van der Waals surface area contributed by atoms with Crippen molar-refractivity contribution < 1.29 is 13.2 Å². The first-order valence-corrected chi connectivity index (χ1v) is 12.6. The third-order valence-corrected chi connectivity index (χ3v) is 6.70. The van der Waals surface area contributed by atoms with E-state index in [1.807, 2.05) is 49.4 Å². The number of aromatic nitrogens is 2. The Labute approximate surface area is 204 Å². The average Bonchev–Trinajstić information content (AvgIpc) is 2.86. The number of aryl methyl sites for hydroxylation is 1. The lowest BCUT2D eigenvalue weighted by Crippen LogP contribution is -2.26. The van der Waals surface area contributed by atoms with Gasteiger partial charge >= 0.3 is 0 Å². The van der Waals surface area contributed by atoms with Gasteiger partial charge in [-0.3, -0.25) is 4.79 Å². The molecule has 4 rings (SSSR count). The van der Waals surface area contributed by atoms with Crippen LogP contribution in [0.2, 0.25) is 0 Å². The standard InChI is InChI=1S/C27H26N4O3S/c1-21-8-14-25(15-9-21)35(33,34)30-27-29-17-5-19-31(27)20-23-10-12-24(13-11-23)26(32)28-18-16-22-6-3-2-4-7-22/h2-15,17,19H,16,18,20H2,1H3,(H,28,32)/b30-27+. The van der Waals surface area contributed by atoms with Gasteiger partial charge in [0.1, 0.15) is 0 Å². The van der Waals surface area contributed by atoms with Crippen molar-refractivity contribution in [3.05, 3.63) is 125 Å². The molecule has 0 fully saturated rings. The number of carbonyl (C=O) groups is 1. The van der Waals surface area contributed by atoms with Gasteiger partial charge in [-0.25, -0.2) is 4.98 Å². The molecule has 1 amide bonds. The van der Waals surface area contributed by atoms with E-state index in [2.05, 4.69) is 14.7 Å². The minimum absolute atomic E-state index is 0.0795. The second-order valence-corrected chi connectivity index (χ2v) is 9.72. The maximum atomic E-state index is 12.7. The smallest absolute Gasteiger partial charge is 0.285 e. The van der Waals surface area contributed by atoms with Crippen LogP contribution in [-0.2, 0) is 23.0 Å². The monoisotopic (exact) mass is 486 g/mol. The average molecular weight is 487 g/mol. The predicted octanol–water partition coefficient (Wildman–Crippen LogP) is 3.50. The number of nitrogens with zero attached hydrogens (tertiary/aromatic N) is 3. The number of nitrogens with one attached hydrogen (secondary N) is 1. The zero-order chi connectivity index (χ0) is 24.7. The Kier molecular flexibility index (Phi) is 7.52. The third kappa shape index (κ3) is 6.51. The van der Waals surface area contributed by atoms with Gasteiger partial charge in [0.05, 0.1) is 11.4 Å². The van der Waals surface area contributed by atoms with Crippen molar-refractivity contribution in [2.75, 3.05) is 6.54 Å². The molecule has 8 heteroatoms. The van der Waals surface area contributed by atoms with Crippen LogP contribution in [0.15, 0.2) is 107 Å². The molecule has 0 bridgehead atoms. The first-order valence-electron chi connectivity index (χ1n) is 11.2. The fourth-order valence-corrected chi connectivity index (χ4v) is 4.44. The Morgan fingerprint density at radius 1 is 0.914 bits per heavy atom. The molecule has 0 saturated carbocycles. The molecule has 1 heterocycles. The number of sulfonamides is 1. The molecule has 0 radical (unpaired) electrons. The molecule has 3 aromatic carbocycles. The lowest BCUT2D eigenvalue weighted by atomic mass is 10.1. The highest BCUT2D eigenvalue weighted by Crippen LogP contribution is 2.12. The Balaban J connectivity index is 1.45. The molecule has 35 heavy (non-hydrogen) atoms. The molecule has 1 N–H and O–H groups in total. The highest BCUT2D eigenvalue weighted by atomic mass is 32.2. The van der Waals surface area contributed by atoms with E-state index < -0.39 is 10.0 Å². The van der Waals surface area contributed by atoms with Crippen LogP contribution >= 0.6 is 0 Å². The van der Waals surface area contributed by atoms with Gasteiger partial charge in [-0.15, -0.1) is 4.40 Å². The van der Waals surface area contributed by atoms with E-state index in [9.17, 15) is 13.2 Å². The lowest BCUT2D eigenvalue weighted by Gasteiger charge is -2.09. The third-order valence-electron chi connectivity index (χ3n) is 5.43. The van der Waals surface area contributed by atoms with Crippen LogP contribution in [0.25, 0.3) is 0 Å². The summed E-state index contributed by atoms with van der Waals surface area (Å²) >= 11 is 0. The van der Waals surface area contributed by atoms with E-state index in [0.29, 0.717) is 18.7 Å². The molecule has 0 aliphatic carbocycles. The maximum Gasteiger partial charge on any atom is 0.285 e. The first-order chi connectivity index (χ1) is 16.9. The van der Waals surface area contributed by atoms with Crippen molar-refractivity contribution in [3.8, 4) is 0 Å². The van der Waals surface area contributed by atoms with Gasteiger partial charge in [0.15, 0.2) is 0 Å². The topological polar surface area (TPSA) is 93.4 Å². The molecule has 0 aliphatic rings. The molecule has 0 spiro atoms. The van der Waals surface area contributed by atoms with E-state index in [4.69, 9.17) is 0 Å². The second-order valence-electron chi connectivity index (χ2n) is 8.12. The Hall–Kier alpha value is -4.04. The van der Waals surface area contributed by atoms with Crippen LogP contribution in [0, 0.1) is 6.92 Å². The number of amides is 1. The van der Waals surface area contributed by atoms with E-state index in [0.717, 1.165) is 17.5 Å². The summed E-state index contributed by atoms with van der Waals surface area (Å²) < 4.78 is 31.1. The minimum atomic E-state index is -3.90. The van der Waals surface area contributed by atoms with Crippen LogP contribution in [0.4, 0.5) is 0 Å². The fourth-order valence-electron chi connectivity index (χ4n) is 3.49. The number of rotatable bonds is 8. The summed E-state index contributed by atoms with van der Waals surface area (Å²) in [4.78, 5) is 16.7. The summed E-state index contributed by atoms with van der Waals surface area (Å²) in [7, 11) is -3.90. The molecule has 7 nitrogen and oxygen atoms in total. The van der Waals surface area contributed by atoms with Crippen molar-refractivity contribution in [1.82, 2.24) is 14.9 Å². The molecular formula is C27H26N4O3S. The van der Waals surface area contributed by atoms with Crippen molar-refractivity contribution >= 4 is 15.9 Å². The van der Waals surface area contributed by atoms with Gasteiger partial charge in [0.25, 0.3) is 15.9 Å². The summed E-state index contributed by atoms with van der Waals surface area (Å²) in [6.07, 6.45) is 3.99. The zero-order valence-electron chi connectivity index (χ0n) is 19.3. The van der Waals surface area contributed by atoms with Gasteiger partial charge in [0, 0.05) is 24.5 Å². The summed E-state index contributed by atoms with van der Waals surface area (Å²) in [6.45, 7) is 2.79. The van der Waals surface area contributed by atoms with Crippen molar-refractivity contribution in [1.29, 1.82) is 0 Å². The van der Waals surface area contributed by atoms with Crippen molar-refractivity contribution in [3.63, 3.8) is 0 Å². The van der Waals surface area contributed by atoms with Gasteiger partial charge in [-0.1, -0.05) is 60.2 Å². The SMILES string of the molecule is Cc1ccc(S(=O)(=O)/N=c2\ncccn2Cc2ccc(C(=O)NCCc3ccccc3)cc2)cc1. The Morgan fingerprint density at radius 3 is 2.34 bits per heavy atom. The molecule has 0 saturated heterocycles. The molecule has 0 aliphatic heterocycles. The summed E-state index contributed by atoms with van der Waals surface area (Å²) in [6, 6.07) is 25.4. The lowest BCUT2D eigenvalue weighted by molar-refractivity contribution is 0.0954. The quantitative estimate of drug-likeness (QED) is 0.413. The van der Waals surface area contributed by atoms with E-state index in [1.54, 1.807) is 41.1 Å². The van der Waals surface area contributed by atoms with Gasteiger partial charge in [0.2, 0.25) is 5.62 Å². The Morgan fingerprint density at radius 2 is 1.63 bits per heavy atom. The van der Waals surface area contributed by atoms with Crippen LogP contribution < -0.4 is 10.9 Å². The molecule has 0 unspecified atom stereocenters. The molecule has 1 aromatic heterocycles. The van der Waals surface area contributed by atoms with Crippen molar-refractivity contribution in [2.24, 2.45) is 4.40 Å². The van der Waals surface area contributed by atoms with Gasteiger partial charge in [-0.2, -0.15) is 8.42 Å². The predicted molar refractivity (Wildman–Crippen MR) is 134 cm³/mol.